The molecule has 2 aromatic rings. The summed E-state index contributed by atoms with van der Waals surface area (Å²) in [6, 6.07) is 0.605. The van der Waals surface area contributed by atoms with Crippen LogP contribution in [0.15, 0.2) is 18.5 Å². The Labute approximate surface area is 134 Å². The number of aromatic nitrogens is 4. The second-order valence-electron chi connectivity index (χ2n) is 6.51. The van der Waals surface area contributed by atoms with Gasteiger partial charge in [0.15, 0.2) is 17.0 Å². The van der Waals surface area contributed by atoms with Crippen LogP contribution in [0.2, 0.25) is 0 Å². The third-order valence-corrected chi connectivity index (χ3v) is 4.88. The van der Waals surface area contributed by atoms with Crippen molar-refractivity contribution in [3.63, 3.8) is 0 Å². The molecule has 4 N–H and O–H groups in total. The standard InChI is InChI=1S/C16H22N6O/c17-16-20-14(19-11-3-1-2-4-11)13-15(21-16)22(9-18-13)12-6-5-10(7-12)8-23/h5-6,9-12,23H,1-4,7-8H2,(H3,17,19,20,21)/t10-,12+/m1/s1. The largest absolute Gasteiger partial charge is 0.396 e. The molecular weight excluding hydrogens is 292 g/mol. The number of anilines is 2. The van der Waals surface area contributed by atoms with Gasteiger partial charge in [-0.05, 0) is 19.3 Å². The number of allylic oxidation sites excluding steroid dienone is 1. The summed E-state index contributed by atoms with van der Waals surface area (Å²) in [4.78, 5) is 13.3. The lowest BCUT2D eigenvalue weighted by atomic mass is 10.1. The van der Waals surface area contributed by atoms with Crippen molar-refractivity contribution >= 4 is 22.9 Å². The van der Waals surface area contributed by atoms with E-state index in [1.54, 1.807) is 6.33 Å². The first-order valence-corrected chi connectivity index (χ1v) is 8.30. The molecule has 0 saturated heterocycles. The molecule has 0 bridgehead atoms. The summed E-state index contributed by atoms with van der Waals surface area (Å²) >= 11 is 0. The smallest absolute Gasteiger partial charge is 0.224 e. The number of rotatable bonds is 4. The summed E-state index contributed by atoms with van der Waals surface area (Å²) in [5.74, 6) is 1.20. The van der Waals surface area contributed by atoms with Gasteiger partial charge in [-0.25, -0.2) is 4.98 Å². The van der Waals surface area contributed by atoms with Crippen LogP contribution in [0.1, 0.15) is 38.1 Å². The van der Waals surface area contributed by atoms with Gasteiger partial charge < -0.3 is 20.7 Å². The Hall–Kier alpha value is -2.15. The summed E-state index contributed by atoms with van der Waals surface area (Å²) in [5.41, 5.74) is 7.44. The molecule has 2 atom stereocenters. The number of nitrogen functional groups attached to an aromatic ring is 1. The third kappa shape index (κ3) is 2.65. The Balaban J connectivity index is 1.68. The van der Waals surface area contributed by atoms with Crippen molar-refractivity contribution in [3.8, 4) is 0 Å². The molecule has 0 unspecified atom stereocenters. The first-order valence-electron chi connectivity index (χ1n) is 8.30. The molecule has 0 radical (unpaired) electrons. The Morgan fingerprint density at radius 2 is 2.09 bits per heavy atom. The van der Waals surface area contributed by atoms with Crippen molar-refractivity contribution in [2.45, 2.75) is 44.2 Å². The fourth-order valence-electron chi connectivity index (χ4n) is 3.63. The topological polar surface area (TPSA) is 102 Å². The molecule has 1 fully saturated rings. The van der Waals surface area contributed by atoms with Crippen LogP contribution in [0, 0.1) is 5.92 Å². The minimum Gasteiger partial charge on any atom is -0.396 e. The van der Waals surface area contributed by atoms with Crippen molar-refractivity contribution in [3.05, 3.63) is 18.5 Å². The van der Waals surface area contributed by atoms with Crippen molar-refractivity contribution in [2.24, 2.45) is 5.92 Å². The van der Waals surface area contributed by atoms with Gasteiger partial charge in [-0.15, -0.1) is 0 Å². The molecule has 0 aromatic carbocycles. The highest BCUT2D eigenvalue weighted by molar-refractivity contribution is 5.84. The maximum Gasteiger partial charge on any atom is 0.224 e. The Morgan fingerprint density at radius 3 is 2.83 bits per heavy atom. The summed E-state index contributed by atoms with van der Waals surface area (Å²) in [7, 11) is 0. The SMILES string of the molecule is Nc1nc(NC2CCCC2)c2ncn([C@H]3C=C[C@@H](CO)C3)c2n1. The minimum absolute atomic E-state index is 0.158. The van der Waals surface area contributed by atoms with Crippen LogP contribution in [0.4, 0.5) is 11.8 Å². The highest BCUT2D eigenvalue weighted by atomic mass is 16.3. The van der Waals surface area contributed by atoms with E-state index in [2.05, 4.69) is 32.4 Å². The summed E-state index contributed by atoms with van der Waals surface area (Å²) in [5, 5.41) is 12.8. The lowest BCUT2D eigenvalue weighted by molar-refractivity contribution is 0.244. The maximum atomic E-state index is 9.31. The van der Waals surface area contributed by atoms with E-state index in [0.29, 0.717) is 6.04 Å². The molecule has 2 aliphatic carbocycles. The molecule has 4 rings (SSSR count). The summed E-state index contributed by atoms with van der Waals surface area (Å²) < 4.78 is 2.03. The van der Waals surface area contributed by atoms with Gasteiger partial charge in [-0.2, -0.15) is 9.97 Å². The van der Waals surface area contributed by atoms with Gasteiger partial charge in [-0.1, -0.05) is 25.0 Å². The first-order chi connectivity index (χ1) is 11.2. The van der Waals surface area contributed by atoms with Gasteiger partial charge >= 0.3 is 0 Å². The molecule has 7 nitrogen and oxygen atoms in total. The normalized spacial score (nSPS) is 24.7. The molecule has 0 amide bonds. The average molecular weight is 314 g/mol. The van der Waals surface area contributed by atoms with Gasteiger partial charge in [0.25, 0.3) is 0 Å². The highest BCUT2D eigenvalue weighted by Gasteiger charge is 2.24. The fourth-order valence-corrected chi connectivity index (χ4v) is 3.63. The van der Waals surface area contributed by atoms with Crippen molar-refractivity contribution < 1.29 is 5.11 Å². The Morgan fingerprint density at radius 1 is 1.26 bits per heavy atom. The third-order valence-electron chi connectivity index (χ3n) is 4.88. The van der Waals surface area contributed by atoms with Gasteiger partial charge in [0.1, 0.15) is 0 Å². The van der Waals surface area contributed by atoms with E-state index in [-0.39, 0.29) is 24.5 Å². The van der Waals surface area contributed by atoms with Gasteiger partial charge in [0.05, 0.1) is 12.4 Å². The van der Waals surface area contributed by atoms with Gasteiger partial charge in [0, 0.05) is 18.6 Å². The number of aliphatic hydroxyl groups is 1. The Bertz CT molecular complexity index is 733. The number of hydrogen-bond acceptors (Lipinski definition) is 6. The zero-order valence-corrected chi connectivity index (χ0v) is 13.0. The molecule has 2 heterocycles. The lowest BCUT2D eigenvalue weighted by Gasteiger charge is -2.15. The van der Waals surface area contributed by atoms with Crippen LogP contribution < -0.4 is 11.1 Å². The number of nitrogens with one attached hydrogen (secondary N) is 1. The van der Waals surface area contributed by atoms with E-state index in [4.69, 9.17) is 5.73 Å². The number of imidazole rings is 1. The van der Waals surface area contributed by atoms with Crippen LogP contribution in [-0.4, -0.2) is 37.3 Å². The molecule has 0 aliphatic heterocycles. The monoisotopic (exact) mass is 314 g/mol. The maximum absolute atomic E-state index is 9.31. The van der Waals surface area contributed by atoms with Crippen molar-refractivity contribution in [1.82, 2.24) is 19.5 Å². The second kappa shape index (κ2) is 5.81. The molecular formula is C16H22N6O. The number of aliphatic hydroxyl groups excluding tert-OH is 1. The van der Waals surface area contributed by atoms with E-state index >= 15 is 0 Å². The van der Waals surface area contributed by atoms with E-state index in [9.17, 15) is 5.11 Å². The van der Waals surface area contributed by atoms with Crippen LogP contribution in [0.5, 0.6) is 0 Å². The molecule has 23 heavy (non-hydrogen) atoms. The van der Waals surface area contributed by atoms with Crippen LogP contribution in [0.25, 0.3) is 11.2 Å². The predicted molar refractivity (Wildman–Crippen MR) is 89.0 cm³/mol. The van der Waals surface area contributed by atoms with Gasteiger partial charge in [0.2, 0.25) is 5.95 Å². The molecule has 2 aromatic heterocycles. The summed E-state index contributed by atoms with van der Waals surface area (Å²) in [6.07, 6.45) is 11.6. The van der Waals surface area contributed by atoms with Crippen molar-refractivity contribution in [2.75, 3.05) is 17.7 Å². The predicted octanol–water partition coefficient (Wildman–Crippen LogP) is 1.87. The van der Waals surface area contributed by atoms with Crippen LogP contribution in [-0.2, 0) is 0 Å². The molecule has 0 spiro atoms. The first kappa shape index (κ1) is 14.4. The Kier molecular flexibility index (Phi) is 3.65. The molecule has 1 saturated carbocycles. The zero-order valence-electron chi connectivity index (χ0n) is 13.0. The fraction of sp³-hybridized carbons (Fsp3) is 0.562. The quantitative estimate of drug-likeness (QED) is 0.745. The lowest BCUT2D eigenvalue weighted by Crippen LogP contribution is -2.17. The molecule has 2 aliphatic rings. The van der Waals surface area contributed by atoms with Gasteiger partial charge in [-0.3, -0.25) is 0 Å². The highest BCUT2D eigenvalue weighted by Crippen LogP contribution is 2.32. The van der Waals surface area contributed by atoms with E-state index < -0.39 is 0 Å². The van der Waals surface area contributed by atoms with E-state index in [0.717, 1.165) is 36.2 Å². The number of fused-ring (bicyclic) bond motifs is 1. The average Bonchev–Trinajstić information content (AvgIpc) is 3.26. The number of nitrogens with two attached hydrogens (primary N) is 1. The minimum atomic E-state index is 0.158. The molecule has 122 valence electrons. The second-order valence-corrected chi connectivity index (χ2v) is 6.51. The van der Waals surface area contributed by atoms with Crippen LogP contribution >= 0.6 is 0 Å². The number of nitrogens with zero attached hydrogens (tertiary/aromatic N) is 4. The van der Waals surface area contributed by atoms with E-state index in [1.165, 1.54) is 12.8 Å². The number of hydrogen-bond donors (Lipinski definition) is 3. The zero-order chi connectivity index (χ0) is 15.8. The molecule has 7 heteroatoms. The van der Waals surface area contributed by atoms with Crippen LogP contribution in [0.3, 0.4) is 0 Å². The van der Waals surface area contributed by atoms with E-state index in [1.807, 2.05) is 4.57 Å². The summed E-state index contributed by atoms with van der Waals surface area (Å²) in [6.45, 7) is 0.172. The van der Waals surface area contributed by atoms with Crippen molar-refractivity contribution in [1.29, 1.82) is 0 Å².